The Morgan fingerprint density at radius 1 is 1.23 bits per heavy atom. The van der Waals surface area contributed by atoms with Gasteiger partial charge in [-0.1, -0.05) is 6.07 Å². The summed E-state index contributed by atoms with van der Waals surface area (Å²) in [6.45, 7) is 1.09. The molecule has 1 aliphatic heterocycles. The zero-order valence-corrected chi connectivity index (χ0v) is 13.5. The van der Waals surface area contributed by atoms with Crippen molar-refractivity contribution >= 4 is 34.0 Å². The summed E-state index contributed by atoms with van der Waals surface area (Å²) >= 11 is 0.863. The van der Waals surface area contributed by atoms with Crippen LogP contribution in [0.3, 0.4) is 0 Å². The number of amidine groups is 1. The number of benzene rings is 1. The van der Waals surface area contributed by atoms with E-state index in [1.807, 2.05) is 0 Å². The van der Waals surface area contributed by atoms with E-state index in [0.717, 1.165) is 31.5 Å². The highest BCUT2D eigenvalue weighted by molar-refractivity contribution is 7.92. The lowest BCUT2D eigenvalue weighted by molar-refractivity contribution is 0.293. The molecule has 0 saturated carbocycles. The number of nitrogens with one attached hydrogen (secondary N) is 1. The second kappa shape index (κ2) is 7.68. The lowest BCUT2D eigenvalue weighted by atomic mass is 10.1. The highest BCUT2D eigenvalue weighted by Crippen LogP contribution is 2.30. The topological polar surface area (TPSA) is 129 Å². The molecule has 0 aromatic heterocycles. The third kappa shape index (κ3) is 4.50. The molecule has 0 amide bonds. The number of nitrogens with two attached hydrogens (primary N) is 2. The van der Waals surface area contributed by atoms with E-state index in [9.17, 15) is 8.42 Å². The fraction of sp³-hybridized carbons (Fsp3) is 0.417. The number of rotatable bonds is 8. The predicted molar refractivity (Wildman–Crippen MR) is 86.8 cm³/mol. The largest absolute Gasteiger partial charge is 0.493 e. The first-order valence-corrected chi connectivity index (χ1v) is 8.90. The molecule has 0 atom stereocenters. The smallest absolute Gasteiger partial charge is 0.344 e. The first-order valence-electron chi connectivity index (χ1n) is 6.66. The molecule has 0 fully saturated rings. The molecule has 0 radical (unpaired) electrons. The van der Waals surface area contributed by atoms with Gasteiger partial charge in [-0.25, -0.2) is 0 Å². The van der Waals surface area contributed by atoms with E-state index in [-0.39, 0.29) is 5.84 Å². The van der Waals surface area contributed by atoms with Crippen molar-refractivity contribution < 1.29 is 17.3 Å². The van der Waals surface area contributed by atoms with Crippen LogP contribution in [0, 0.1) is 0 Å². The molecule has 0 aliphatic carbocycles. The highest BCUT2D eigenvalue weighted by atomic mass is 32.2. The maximum Gasteiger partial charge on any atom is 0.344 e. The van der Waals surface area contributed by atoms with Crippen molar-refractivity contribution in [3.05, 3.63) is 23.8 Å². The van der Waals surface area contributed by atoms with Gasteiger partial charge in [0, 0.05) is 0 Å². The number of fused-ring (bicyclic) bond motifs is 1. The highest BCUT2D eigenvalue weighted by Gasteiger charge is 2.24. The van der Waals surface area contributed by atoms with Crippen molar-refractivity contribution in [1.82, 2.24) is 0 Å². The van der Waals surface area contributed by atoms with Crippen LogP contribution in [0.4, 0.5) is 5.69 Å². The lowest BCUT2D eigenvalue weighted by Crippen LogP contribution is -2.27. The average Bonchev–Trinajstić information content (AvgIpc) is 2.44. The molecule has 0 spiro atoms. The molecule has 0 bridgehead atoms. The predicted octanol–water partition coefficient (Wildman–Crippen LogP) is 1.15. The number of hydrogen-bond donors (Lipinski definition) is 3. The first kappa shape index (κ1) is 16.9. The van der Waals surface area contributed by atoms with Crippen LogP contribution in [0.1, 0.15) is 24.8 Å². The monoisotopic (exact) mass is 346 g/mol. The summed E-state index contributed by atoms with van der Waals surface area (Å²) in [4.78, 5) is 0. The molecule has 1 heterocycles. The van der Waals surface area contributed by atoms with Crippen molar-refractivity contribution in [2.75, 3.05) is 17.9 Å². The Balaban J connectivity index is 1.94. The van der Waals surface area contributed by atoms with Crippen LogP contribution in [0.2, 0.25) is 0 Å². The van der Waals surface area contributed by atoms with Gasteiger partial charge in [-0.3, -0.25) is 9.86 Å². The summed E-state index contributed by atoms with van der Waals surface area (Å²) in [5.74, 6) is 0.438. The summed E-state index contributed by atoms with van der Waals surface area (Å²) in [5.41, 5.74) is 6.57. The van der Waals surface area contributed by atoms with Crippen LogP contribution < -0.4 is 20.3 Å². The minimum atomic E-state index is -3.77. The SMILES string of the molecule is NSOCCCCCOc1cccc2c1C(N)=NS(=O)(=O)N2. The molecule has 0 unspecified atom stereocenters. The molecule has 122 valence electrons. The number of unbranched alkanes of at least 4 members (excludes halogenated alkanes) is 2. The van der Waals surface area contributed by atoms with Crippen LogP contribution >= 0.6 is 12.2 Å². The van der Waals surface area contributed by atoms with E-state index in [0.29, 0.717) is 30.2 Å². The quantitative estimate of drug-likeness (QED) is 0.366. The van der Waals surface area contributed by atoms with Crippen molar-refractivity contribution in [1.29, 1.82) is 0 Å². The Morgan fingerprint density at radius 3 is 2.77 bits per heavy atom. The molecule has 2 rings (SSSR count). The molecular formula is C12H18N4O4S2. The average molecular weight is 346 g/mol. The van der Waals surface area contributed by atoms with Crippen LogP contribution in [0.15, 0.2) is 22.6 Å². The van der Waals surface area contributed by atoms with Gasteiger partial charge in [0.2, 0.25) is 0 Å². The van der Waals surface area contributed by atoms with Gasteiger partial charge >= 0.3 is 10.2 Å². The van der Waals surface area contributed by atoms with Gasteiger partial charge in [0.1, 0.15) is 5.75 Å². The van der Waals surface area contributed by atoms with Crippen LogP contribution in [-0.2, 0) is 14.4 Å². The molecule has 1 aromatic carbocycles. The number of anilines is 1. The second-order valence-corrected chi connectivity index (χ2v) is 6.32. The number of ether oxygens (including phenoxy) is 1. The van der Waals surface area contributed by atoms with Gasteiger partial charge in [0.15, 0.2) is 5.84 Å². The molecule has 22 heavy (non-hydrogen) atoms. The summed E-state index contributed by atoms with van der Waals surface area (Å²) < 4.78 is 39.4. The Hall–Kier alpha value is -1.49. The Kier molecular flexibility index (Phi) is 5.89. The molecule has 1 aliphatic rings. The van der Waals surface area contributed by atoms with Gasteiger partial charge in [0.25, 0.3) is 0 Å². The van der Waals surface area contributed by atoms with Crippen molar-refractivity contribution in [3.63, 3.8) is 0 Å². The number of hydrogen-bond acceptors (Lipinski definition) is 7. The third-order valence-corrected chi connectivity index (χ3v) is 4.16. The van der Waals surface area contributed by atoms with E-state index in [1.165, 1.54) is 0 Å². The van der Waals surface area contributed by atoms with Crippen LogP contribution in [-0.4, -0.2) is 27.5 Å². The molecule has 1 aromatic rings. The van der Waals surface area contributed by atoms with Crippen molar-refractivity contribution in [2.24, 2.45) is 15.3 Å². The minimum Gasteiger partial charge on any atom is -0.493 e. The Labute approximate surface area is 133 Å². The Morgan fingerprint density at radius 2 is 2.00 bits per heavy atom. The van der Waals surface area contributed by atoms with E-state index in [2.05, 4.69) is 9.12 Å². The van der Waals surface area contributed by atoms with E-state index >= 15 is 0 Å². The maximum absolute atomic E-state index is 11.5. The third-order valence-electron chi connectivity index (χ3n) is 2.94. The number of nitrogens with zero attached hydrogens (tertiary/aromatic N) is 1. The van der Waals surface area contributed by atoms with Gasteiger partial charge in [-0.05, 0) is 31.4 Å². The van der Waals surface area contributed by atoms with E-state index < -0.39 is 10.2 Å². The van der Waals surface area contributed by atoms with Crippen molar-refractivity contribution in [3.8, 4) is 5.75 Å². The zero-order chi connectivity index (χ0) is 16.0. The zero-order valence-electron chi connectivity index (χ0n) is 11.8. The van der Waals surface area contributed by atoms with E-state index in [1.54, 1.807) is 18.2 Å². The van der Waals surface area contributed by atoms with Crippen LogP contribution in [0.25, 0.3) is 0 Å². The fourth-order valence-corrected chi connectivity index (χ4v) is 3.07. The molecule has 0 saturated heterocycles. The van der Waals surface area contributed by atoms with Gasteiger partial charge < -0.3 is 14.7 Å². The summed E-state index contributed by atoms with van der Waals surface area (Å²) in [7, 11) is -3.77. The van der Waals surface area contributed by atoms with Gasteiger partial charge in [-0.2, -0.15) is 8.42 Å². The summed E-state index contributed by atoms with van der Waals surface area (Å²) in [6.07, 6.45) is 2.67. The molecule has 8 nitrogen and oxygen atoms in total. The molecule has 5 N–H and O–H groups in total. The van der Waals surface area contributed by atoms with Crippen molar-refractivity contribution in [2.45, 2.75) is 19.3 Å². The van der Waals surface area contributed by atoms with Crippen LogP contribution in [0.5, 0.6) is 5.75 Å². The standard InChI is InChI=1S/C12H18N4O4S2/c13-12-11-9(15-22(17,18)16-12)5-4-6-10(11)19-7-2-1-3-8-20-21-14/h4-6,15H,1-3,7-8,14H2,(H2,13,16). The molecular weight excluding hydrogens is 328 g/mol. The second-order valence-electron chi connectivity index (χ2n) is 4.56. The Bertz CT molecular complexity index is 649. The molecule has 10 heteroatoms. The lowest BCUT2D eigenvalue weighted by Gasteiger charge is -2.19. The van der Waals surface area contributed by atoms with E-state index in [4.69, 9.17) is 19.8 Å². The first-order chi connectivity index (χ1) is 10.5. The van der Waals surface area contributed by atoms with Gasteiger partial charge in [-0.15, -0.1) is 4.40 Å². The van der Waals surface area contributed by atoms with Gasteiger partial charge in [0.05, 0.1) is 36.7 Å². The summed E-state index contributed by atoms with van der Waals surface area (Å²) in [6, 6.07) is 5.04. The minimum absolute atomic E-state index is 0.0716. The maximum atomic E-state index is 11.5. The normalized spacial score (nSPS) is 15.6. The fourth-order valence-electron chi connectivity index (χ4n) is 2.01. The summed E-state index contributed by atoms with van der Waals surface area (Å²) in [5, 5.41) is 5.14.